The van der Waals surface area contributed by atoms with Crippen molar-refractivity contribution in [1.82, 2.24) is 4.57 Å². The average Bonchev–Trinajstić information content (AvgIpc) is 2.46. The molecular weight excluding hydrogens is 262 g/mol. The summed E-state index contributed by atoms with van der Waals surface area (Å²) in [6.07, 6.45) is 1.27. The molecule has 0 spiro atoms. The number of benzene rings is 1. The Hall–Kier alpha value is -2.76. The highest BCUT2D eigenvalue weighted by Gasteiger charge is 2.09. The molecule has 0 aliphatic rings. The average molecular weight is 275 g/mol. The zero-order chi connectivity index (χ0) is 14.7. The molecule has 0 fully saturated rings. The van der Waals surface area contributed by atoms with Crippen LogP contribution in [0.5, 0.6) is 11.5 Å². The standard InChI is InChI=1S/C14H13NO5/c1-19-11-5-4-10(7-12(11)20-2)15-8-9(14(17)18)3-6-13(15)16/h3-8H,1-2H3,(H,17,18). The molecule has 0 saturated heterocycles. The summed E-state index contributed by atoms with van der Waals surface area (Å²) in [5.74, 6) is -0.115. The Kier molecular flexibility index (Phi) is 3.74. The predicted octanol–water partition coefficient (Wildman–Crippen LogP) is 1.55. The van der Waals surface area contributed by atoms with E-state index in [9.17, 15) is 9.59 Å². The zero-order valence-electron chi connectivity index (χ0n) is 11.0. The summed E-state index contributed by atoms with van der Waals surface area (Å²) in [7, 11) is 2.99. The molecule has 104 valence electrons. The van der Waals surface area contributed by atoms with Gasteiger partial charge in [0, 0.05) is 18.3 Å². The van der Waals surface area contributed by atoms with Gasteiger partial charge in [-0.3, -0.25) is 9.36 Å². The Bertz CT molecular complexity index is 705. The van der Waals surface area contributed by atoms with Crippen molar-refractivity contribution in [2.24, 2.45) is 0 Å². The number of aromatic nitrogens is 1. The maximum atomic E-state index is 11.8. The fourth-order valence-electron chi connectivity index (χ4n) is 1.79. The molecule has 6 heteroatoms. The number of hydrogen-bond donors (Lipinski definition) is 1. The van der Waals surface area contributed by atoms with Crippen LogP contribution in [0.2, 0.25) is 0 Å². The Labute approximate surface area is 114 Å². The van der Waals surface area contributed by atoms with Gasteiger partial charge in [0.05, 0.1) is 25.5 Å². The van der Waals surface area contributed by atoms with Crippen LogP contribution in [-0.2, 0) is 0 Å². The van der Waals surface area contributed by atoms with Crippen LogP contribution in [0.4, 0.5) is 0 Å². The molecule has 6 nitrogen and oxygen atoms in total. The van der Waals surface area contributed by atoms with E-state index in [2.05, 4.69) is 0 Å². The first kappa shape index (κ1) is 13.7. The minimum absolute atomic E-state index is 0.0272. The highest BCUT2D eigenvalue weighted by atomic mass is 16.5. The van der Waals surface area contributed by atoms with Crippen molar-refractivity contribution in [3.8, 4) is 17.2 Å². The third-order valence-corrected chi connectivity index (χ3v) is 2.80. The van der Waals surface area contributed by atoms with Crippen LogP contribution in [0.1, 0.15) is 10.4 Å². The van der Waals surface area contributed by atoms with E-state index in [-0.39, 0.29) is 11.1 Å². The minimum atomic E-state index is -1.10. The van der Waals surface area contributed by atoms with Crippen LogP contribution >= 0.6 is 0 Å². The lowest BCUT2D eigenvalue weighted by Crippen LogP contribution is -2.18. The third kappa shape index (κ3) is 2.49. The van der Waals surface area contributed by atoms with Crippen LogP contribution in [0.15, 0.2) is 41.3 Å². The summed E-state index contributed by atoms with van der Waals surface area (Å²) in [5, 5.41) is 8.97. The van der Waals surface area contributed by atoms with Gasteiger partial charge in [0.15, 0.2) is 11.5 Å². The van der Waals surface area contributed by atoms with E-state index in [0.717, 1.165) is 0 Å². The molecule has 0 aliphatic heterocycles. The van der Waals surface area contributed by atoms with Crippen molar-refractivity contribution >= 4 is 5.97 Å². The zero-order valence-corrected chi connectivity index (χ0v) is 11.0. The quantitative estimate of drug-likeness (QED) is 0.916. The smallest absolute Gasteiger partial charge is 0.337 e. The van der Waals surface area contributed by atoms with E-state index in [1.807, 2.05) is 0 Å². The first-order chi connectivity index (χ1) is 9.56. The summed E-state index contributed by atoms with van der Waals surface area (Å²) in [5.41, 5.74) is 0.192. The summed E-state index contributed by atoms with van der Waals surface area (Å²) in [6.45, 7) is 0. The second-order valence-corrected chi connectivity index (χ2v) is 3.97. The topological polar surface area (TPSA) is 77.8 Å². The Morgan fingerprint density at radius 2 is 1.80 bits per heavy atom. The maximum absolute atomic E-state index is 11.8. The van der Waals surface area contributed by atoms with E-state index in [4.69, 9.17) is 14.6 Å². The van der Waals surface area contributed by atoms with E-state index in [0.29, 0.717) is 17.2 Å². The van der Waals surface area contributed by atoms with Crippen LogP contribution in [0.25, 0.3) is 5.69 Å². The minimum Gasteiger partial charge on any atom is -0.493 e. The molecule has 0 bridgehead atoms. The van der Waals surface area contributed by atoms with Gasteiger partial charge in [0.25, 0.3) is 5.56 Å². The highest BCUT2D eigenvalue weighted by molar-refractivity contribution is 5.87. The van der Waals surface area contributed by atoms with Crippen LogP contribution < -0.4 is 15.0 Å². The van der Waals surface area contributed by atoms with Crippen molar-refractivity contribution in [3.05, 3.63) is 52.4 Å². The number of methoxy groups -OCH3 is 2. The number of carboxylic acid groups (broad SMARTS) is 1. The molecule has 1 aromatic heterocycles. The normalized spacial score (nSPS) is 10.1. The number of carboxylic acids is 1. The molecule has 0 atom stereocenters. The molecule has 0 saturated carbocycles. The van der Waals surface area contributed by atoms with Crippen LogP contribution in [0.3, 0.4) is 0 Å². The van der Waals surface area contributed by atoms with Crippen molar-refractivity contribution in [3.63, 3.8) is 0 Å². The second-order valence-electron chi connectivity index (χ2n) is 3.97. The number of hydrogen-bond acceptors (Lipinski definition) is 4. The van der Waals surface area contributed by atoms with E-state index < -0.39 is 5.97 Å². The van der Waals surface area contributed by atoms with Gasteiger partial charge in [0.2, 0.25) is 0 Å². The number of carbonyl (C=O) groups is 1. The van der Waals surface area contributed by atoms with Crippen LogP contribution in [0, 0.1) is 0 Å². The van der Waals surface area contributed by atoms with Gasteiger partial charge in [-0.25, -0.2) is 4.79 Å². The lowest BCUT2D eigenvalue weighted by atomic mass is 10.2. The molecule has 20 heavy (non-hydrogen) atoms. The van der Waals surface area contributed by atoms with E-state index in [1.54, 1.807) is 18.2 Å². The predicted molar refractivity (Wildman–Crippen MR) is 72.1 cm³/mol. The largest absolute Gasteiger partial charge is 0.493 e. The van der Waals surface area contributed by atoms with Gasteiger partial charge in [-0.15, -0.1) is 0 Å². The molecule has 0 aliphatic carbocycles. The monoisotopic (exact) mass is 275 g/mol. The number of rotatable bonds is 4. The number of aromatic carboxylic acids is 1. The molecular formula is C14H13NO5. The van der Waals surface area contributed by atoms with Gasteiger partial charge in [-0.05, 0) is 18.2 Å². The maximum Gasteiger partial charge on any atom is 0.337 e. The Balaban J connectivity index is 2.59. The van der Waals surface area contributed by atoms with Gasteiger partial charge in [-0.2, -0.15) is 0 Å². The Morgan fingerprint density at radius 1 is 1.10 bits per heavy atom. The van der Waals surface area contributed by atoms with Gasteiger partial charge in [-0.1, -0.05) is 0 Å². The first-order valence-electron chi connectivity index (χ1n) is 5.75. The lowest BCUT2D eigenvalue weighted by molar-refractivity contribution is 0.0696. The molecule has 0 amide bonds. The second kappa shape index (κ2) is 5.48. The SMILES string of the molecule is COc1ccc(-n2cc(C(=O)O)ccc2=O)cc1OC. The third-order valence-electron chi connectivity index (χ3n) is 2.80. The number of pyridine rings is 1. The van der Waals surface area contributed by atoms with Crippen molar-refractivity contribution in [1.29, 1.82) is 0 Å². The molecule has 2 aromatic rings. The number of nitrogens with zero attached hydrogens (tertiary/aromatic N) is 1. The highest BCUT2D eigenvalue weighted by Crippen LogP contribution is 2.28. The van der Waals surface area contributed by atoms with Gasteiger partial charge < -0.3 is 14.6 Å². The fourth-order valence-corrected chi connectivity index (χ4v) is 1.79. The van der Waals surface area contributed by atoms with E-state index >= 15 is 0 Å². The van der Waals surface area contributed by atoms with Crippen molar-refractivity contribution < 1.29 is 19.4 Å². The van der Waals surface area contributed by atoms with Crippen molar-refractivity contribution in [2.45, 2.75) is 0 Å². The lowest BCUT2D eigenvalue weighted by Gasteiger charge is -2.11. The fraction of sp³-hybridized carbons (Fsp3) is 0.143. The first-order valence-corrected chi connectivity index (χ1v) is 5.75. The summed E-state index contributed by atoms with van der Waals surface area (Å²) < 4.78 is 11.5. The number of ether oxygens (including phenoxy) is 2. The van der Waals surface area contributed by atoms with Crippen molar-refractivity contribution in [2.75, 3.05) is 14.2 Å². The van der Waals surface area contributed by atoms with Gasteiger partial charge >= 0.3 is 5.97 Å². The molecule has 1 heterocycles. The summed E-state index contributed by atoms with van der Waals surface area (Å²) in [4.78, 5) is 22.8. The molecule has 0 radical (unpaired) electrons. The Morgan fingerprint density at radius 3 is 2.40 bits per heavy atom. The molecule has 1 aromatic carbocycles. The van der Waals surface area contributed by atoms with Gasteiger partial charge in [0.1, 0.15) is 0 Å². The molecule has 2 rings (SSSR count). The summed E-state index contributed by atoms with van der Waals surface area (Å²) in [6, 6.07) is 7.37. The molecule has 0 unspecified atom stereocenters. The molecule has 1 N–H and O–H groups in total. The van der Waals surface area contributed by atoms with E-state index in [1.165, 1.54) is 37.1 Å². The van der Waals surface area contributed by atoms with Crippen LogP contribution in [-0.4, -0.2) is 29.9 Å². The summed E-state index contributed by atoms with van der Waals surface area (Å²) >= 11 is 0.